The predicted molar refractivity (Wildman–Crippen MR) is 92.0 cm³/mol. The van der Waals surface area contributed by atoms with Crippen LogP contribution in [0.25, 0.3) is 0 Å². The quantitative estimate of drug-likeness (QED) is 0.666. The Morgan fingerprint density at radius 2 is 1.91 bits per heavy atom. The van der Waals surface area contributed by atoms with Crippen molar-refractivity contribution in [2.75, 3.05) is 6.54 Å². The molecule has 3 rings (SSSR count). The van der Waals surface area contributed by atoms with Crippen LogP contribution in [0.3, 0.4) is 0 Å². The Hall–Kier alpha value is -1.61. The molecule has 3 heteroatoms. The first-order valence-corrected chi connectivity index (χ1v) is 8.82. The highest BCUT2D eigenvalue weighted by atomic mass is 16.5. The Morgan fingerprint density at radius 1 is 1.22 bits per heavy atom. The molecular weight excluding hydrogens is 286 g/mol. The van der Waals surface area contributed by atoms with Crippen molar-refractivity contribution >= 4 is 5.97 Å². The fourth-order valence-electron chi connectivity index (χ4n) is 4.12. The molecule has 2 N–H and O–H groups in total. The minimum atomic E-state index is -0.455. The summed E-state index contributed by atoms with van der Waals surface area (Å²) in [5.74, 6) is 0.211. The van der Waals surface area contributed by atoms with E-state index in [1.165, 1.54) is 12.0 Å². The van der Waals surface area contributed by atoms with Gasteiger partial charge in [0.15, 0.2) is 0 Å². The first kappa shape index (κ1) is 16.3. The van der Waals surface area contributed by atoms with E-state index in [-0.39, 0.29) is 18.0 Å². The van der Waals surface area contributed by atoms with Gasteiger partial charge in [0.1, 0.15) is 6.10 Å². The molecule has 0 aliphatic heterocycles. The number of esters is 1. The van der Waals surface area contributed by atoms with E-state index < -0.39 is 5.41 Å². The van der Waals surface area contributed by atoms with Crippen LogP contribution < -0.4 is 5.73 Å². The van der Waals surface area contributed by atoms with Crippen LogP contribution in [0.5, 0.6) is 0 Å². The molecule has 0 aromatic heterocycles. The lowest BCUT2D eigenvalue weighted by Gasteiger charge is -2.42. The van der Waals surface area contributed by atoms with Crippen molar-refractivity contribution in [1.29, 1.82) is 0 Å². The van der Waals surface area contributed by atoms with Crippen molar-refractivity contribution in [1.82, 2.24) is 0 Å². The standard InChI is InChI=1S/C20H27NO2/c1-15-14-18(17(15)10-13-21)23-19(22)20(11-6-3-7-12-20)16-8-4-2-5-9-16/h2,4-5,8-9,17-18H,1,3,6-7,10-14,21H2. The summed E-state index contributed by atoms with van der Waals surface area (Å²) in [5, 5.41) is 0. The summed E-state index contributed by atoms with van der Waals surface area (Å²) in [6, 6.07) is 10.2. The maximum absolute atomic E-state index is 13.1. The van der Waals surface area contributed by atoms with Gasteiger partial charge in [-0.1, -0.05) is 61.7 Å². The summed E-state index contributed by atoms with van der Waals surface area (Å²) in [4.78, 5) is 13.1. The number of hydrogen-bond donors (Lipinski definition) is 1. The average molecular weight is 313 g/mol. The molecule has 0 radical (unpaired) electrons. The zero-order valence-electron chi connectivity index (χ0n) is 13.8. The number of nitrogens with two attached hydrogens (primary N) is 1. The third-order valence-electron chi connectivity index (χ3n) is 5.60. The van der Waals surface area contributed by atoms with E-state index >= 15 is 0 Å². The highest BCUT2D eigenvalue weighted by Crippen LogP contribution is 2.43. The van der Waals surface area contributed by atoms with Crippen LogP contribution in [0, 0.1) is 5.92 Å². The molecular formula is C20H27NO2. The molecule has 2 fully saturated rings. The largest absolute Gasteiger partial charge is 0.461 e. The van der Waals surface area contributed by atoms with E-state index in [9.17, 15) is 4.79 Å². The van der Waals surface area contributed by atoms with Gasteiger partial charge in [0.05, 0.1) is 5.41 Å². The summed E-state index contributed by atoms with van der Waals surface area (Å²) in [6.07, 6.45) is 6.80. The van der Waals surface area contributed by atoms with Crippen molar-refractivity contribution in [2.45, 2.75) is 56.5 Å². The van der Waals surface area contributed by atoms with Crippen LogP contribution in [-0.4, -0.2) is 18.6 Å². The number of hydrogen-bond acceptors (Lipinski definition) is 3. The summed E-state index contributed by atoms with van der Waals surface area (Å²) in [6.45, 7) is 4.67. The van der Waals surface area contributed by atoms with E-state index in [0.717, 1.165) is 44.1 Å². The van der Waals surface area contributed by atoms with Crippen LogP contribution in [0.15, 0.2) is 42.5 Å². The summed E-state index contributed by atoms with van der Waals surface area (Å²) in [5.41, 5.74) is 7.50. The Bertz CT molecular complexity index is 560. The summed E-state index contributed by atoms with van der Waals surface area (Å²) in [7, 11) is 0. The Morgan fingerprint density at radius 3 is 2.52 bits per heavy atom. The molecule has 0 amide bonds. The number of carbonyl (C=O) groups excluding carboxylic acids is 1. The van der Waals surface area contributed by atoms with Crippen molar-refractivity contribution in [2.24, 2.45) is 11.7 Å². The third-order valence-corrected chi connectivity index (χ3v) is 5.60. The van der Waals surface area contributed by atoms with Gasteiger partial charge in [0, 0.05) is 12.3 Å². The number of carbonyl (C=O) groups is 1. The van der Waals surface area contributed by atoms with Gasteiger partial charge in [-0.15, -0.1) is 0 Å². The lowest BCUT2D eigenvalue weighted by Crippen LogP contribution is -2.46. The second kappa shape index (κ2) is 6.88. The molecule has 2 atom stereocenters. The van der Waals surface area contributed by atoms with Crippen LogP contribution in [-0.2, 0) is 14.9 Å². The molecule has 23 heavy (non-hydrogen) atoms. The number of rotatable bonds is 5. The van der Waals surface area contributed by atoms with Crippen LogP contribution in [0.4, 0.5) is 0 Å². The molecule has 1 aromatic carbocycles. The lowest BCUT2D eigenvalue weighted by atomic mass is 9.69. The second-order valence-corrected chi connectivity index (χ2v) is 7.00. The first-order valence-electron chi connectivity index (χ1n) is 8.82. The SMILES string of the molecule is C=C1CC(OC(=O)C2(c3ccccc3)CCCCC2)C1CCN. The van der Waals surface area contributed by atoms with Gasteiger partial charge in [-0.2, -0.15) is 0 Å². The van der Waals surface area contributed by atoms with E-state index in [2.05, 4.69) is 18.7 Å². The zero-order chi connectivity index (χ0) is 16.3. The molecule has 0 bridgehead atoms. The zero-order valence-corrected chi connectivity index (χ0v) is 13.8. The monoisotopic (exact) mass is 313 g/mol. The number of ether oxygens (including phenoxy) is 1. The Labute approximate surface area is 138 Å². The maximum Gasteiger partial charge on any atom is 0.316 e. The molecule has 0 saturated heterocycles. The molecule has 2 aliphatic rings. The molecule has 3 nitrogen and oxygen atoms in total. The second-order valence-electron chi connectivity index (χ2n) is 7.00. The third kappa shape index (κ3) is 3.07. The van der Waals surface area contributed by atoms with E-state index in [0.29, 0.717) is 6.54 Å². The van der Waals surface area contributed by atoms with Gasteiger partial charge in [-0.05, 0) is 31.4 Å². The van der Waals surface area contributed by atoms with Crippen LogP contribution >= 0.6 is 0 Å². The average Bonchev–Trinajstić information content (AvgIpc) is 2.60. The number of benzene rings is 1. The van der Waals surface area contributed by atoms with Crippen molar-refractivity contribution in [3.05, 3.63) is 48.0 Å². The molecule has 2 unspecified atom stereocenters. The highest BCUT2D eigenvalue weighted by Gasteiger charge is 2.46. The van der Waals surface area contributed by atoms with Gasteiger partial charge >= 0.3 is 5.97 Å². The Balaban J connectivity index is 1.78. The van der Waals surface area contributed by atoms with Gasteiger partial charge in [0.25, 0.3) is 0 Å². The summed E-state index contributed by atoms with van der Waals surface area (Å²) < 4.78 is 5.96. The molecule has 2 aliphatic carbocycles. The molecule has 0 heterocycles. The summed E-state index contributed by atoms with van der Waals surface area (Å²) >= 11 is 0. The van der Waals surface area contributed by atoms with Crippen molar-refractivity contribution < 1.29 is 9.53 Å². The van der Waals surface area contributed by atoms with Gasteiger partial charge < -0.3 is 10.5 Å². The van der Waals surface area contributed by atoms with Crippen molar-refractivity contribution in [3.63, 3.8) is 0 Å². The Kier molecular flexibility index (Phi) is 4.86. The fraction of sp³-hybridized carbons (Fsp3) is 0.550. The predicted octanol–water partition coefficient (Wildman–Crippen LogP) is 3.73. The van der Waals surface area contributed by atoms with Gasteiger partial charge in [-0.3, -0.25) is 4.79 Å². The van der Waals surface area contributed by atoms with Gasteiger partial charge in [0.2, 0.25) is 0 Å². The molecule has 2 saturated carbocycles. The highest BCUT2D eigenvalue weighted by molar-refractivity contribution is 5.83. The van der Waals surface area contributed by atoms with Crippen LogP contribution in [0.2, 0.25) is 0 Å². The molecule has 1 aromatic rings. The minimum absolute atomic E-state index is 0.0268. The van der Waals surface area contributed by atoms with Crippen LogP contribution in [0.1, 0.15) is 50.5 Å². The van der Waals surface area contributed by atoms with E-state index in [4.69, 9.17) is 10.5 Å². The maximum atomic E-state index is 13.1. The lowest BCUT2D eigenvalue weighted by molar-refractivity contribution is -0.163. The molecule has 0 spiro atoms. The normalized spacial score (nSPS) is 26.4. The van der Waals surface area contributed by atoms with Crippen molar-refractivity contribution in [3.8, 4) is 0 Å². The fourth-order valence-corrected chi connectivity index (χ4v) is 4.12. The van der Waals surface area contributed by atoms with E-state index in [1.54, 1.807) is 0 Å². The van der Waals surface area contributed by atoms with Gasteiger partial charge in [-0.25, -0.2) is 0 Å². The first-order chi connectivity index (χ1) is 11.2. The smallest absolute Gasteiger partial charge is 0.316 e. The minimum Gasteiger partial charge on any atom is -0.461 e. The van der Waals surface area contributed by atoms with E-state index in [1.807, 2.05) is 18.2 Å². The topological polar surface area (TPSA) is 52.3 Å². The molecule has 124 valence electrons.